The highest BCUT2D eigenvalue weighted by molar-refractivity contribution is 5.94. The molecule has 2 aromatic carbocycles. The van der Waals surface area contributed by atoms with Crippen LogP contribution in [0.15, 0.2) is 54.6 Å². The predicted octanol–water partition coefficient (Wildman–Crippen LogP) is 2.54. The topological polar surface area (TPSA) is 52.7 Å². The van der Waals surface area contributed by atoms with E-state index in [1.54, 1.807) is 12.1 Å². The second-order valence-corrected chi connectivity index (χ2v) is 6.75. The molecule has 1 aliphatic heterocycles. The van der Waals surface area contributed by atoms with Crippen molar-refractivity contribution in [1.29, 1.82) is 0 Å². The van der Waals surface area contributed by atoms with Crippen LogP contribution in [-0.4, -0.2) is 53.8 Å². The number of carbonyl (C=O) groups excluding carboxylic acids is 2. The van der Waals surface area contributed by atoms with Crippen LogP contribution in [0.2, 0.25) is 0 Å². The minimum absolute atomic E-state index is 0.0302. The van der Waals surface area contributed by atoms with Crippen LogP contribution in [0.25, 0.3) is 0 Å². The van der Waals surface area contributed by atoms with E-state index in [1.807, 2.05) is 42.2 Å². The highest BCUT2D eigenvalue weighted by Gasteiger charge is 2.27. The molecule has 27 heavy (non-hydrogen) atoms. The van der Waals surface area contributed by atoms with E-state index in [4.69, 9.17) is 0 Å². The number of para-hydroxylation sites is 1. The van der Waals surface area contributed by atoms with Crippen molar-refractivity contribution in [1.82, 2.24) is 9.80 Å². The number of amides is 2. The van der Waals surface area contributed by atoms with Crippen molar-refractivity contribution in [2.75, 3.05) is 31.5 Å². The highest BCUT2D eigenvalue weighted by atomic mass is 19.1. The van der Waals surface area contributed by atoms with Gasteiger partial charge in [0, 0.05) is 31.9 Å². The van der Waals surface area contributed by atoms with Gasteiger partial charge >= 0.3 is 0 Å². The number of hydrogen-bond donors (Lipinski definition) is 1. The van der Waals surface area contributed by atoms with Crippen LogP contribution < -0.4 is 5.32 Å². The molecule has 0 spiro atoms. The summed E-state index contributed by atoms with van der Waals surface area (Å²) in [5.74, 6) is -0.322. The Bertz CT molecular complexity index is 772. The van der Waals surface area contributed by atoms with Gasteiger partial charge in [-0.1, -0.05) is 30.3 Å². The maximum Gasteiger partial charge on any atom is 0.241 e. The Kier molecular flexibility index (Phi) is 6.19. The molecule has 6 heteroatoms. The third kappa shape index (κ3) is 5.14. The van der Waals surface area contributed by atoms with Crippen LogP contribution in [0.5, 0.6) is 0 Å². The third-order valence-corrected chi connectivity index (χ3v) is 4.90. The molecule has 0 saturated carbocycles. The van der Waals surface area contributed by atoms with Crippen LogP contribution >= 0.6 is 0 Å². The van der Waals surface area contributed by atoms with Gasteiger partial charge in [0.05, 0.1) is 12.5 Å². The summed E-state index contributed by atoms with van der Waals surface area (Å²) in [6, 6.07) is 15.1. The van der Waals surface area contributed by atoms with E-state index in [2.05, 4.69) is 10.2 Å². The van der Waals surface area contributed by atoms with Crippen molar-refractivity contribution in [2.45, 2.75) is 19.4 Å². The Morgan fingerprint density at radius 2 is 1.63 bits per heavy atom. The average Bonchev–Trinajstić information content (AvgIpc) is 2.70. The van der Waals surface area contributed by atoms with E-state index >= 15 is 0 Å². The molecule has 1 unspecified atom stereocenters. The van der Waals surface area contributed by atoms with Gasteiger partial charge in [-0.2, -0.15) is 0 Å². The molecule has 1 aliphatic rings. The van der Waals surface area contributed by atoms with Gasteiger partial charge in [-0.25, -0.2) is 4.39 Å². The van der Waals surface area contributed by atoms with Crippen molar-refractivity contribution in [3.05, 3.63) is 66.0 Å². The van der Waals surface area contributed by atoms with Crippen LogP contribution in [0.4, 0.5) is 10.1 Å². The second-order valence-electron chi connectivity index (χ2n) is 6.75. The molecule has 1 fully saturated rings. The molecule has 3 rings (SSSR count). The summed E-state index contributed by atoms with van der Waals surface area (Å²) >= 11 is 0. The number of benzene rings is 2. The van der Waals surface area contributed by atoms with Gasteiger partial charge in [0.25, 0.3) is 0 Å². The molecule has 0 radical (unpaired) electrons. The third-order valence-electron chi connectivity index (χ3n) is 4.90. The maximum atomic E-state index is 13.0. The van der Waals surface area contributed by atoms with Crippen molar-refractivity contribution in [3.8, 4) is 0 Å². The summed E-state index contributed by atoms with van der Waals surface area (Å²) in [7, 11) is 0. The Balaban J connectivity index is 1.48. The quantitative estimate of drug-likeness (QED) is 0.881. The molecular weight excluding hydrogens is 345 g/mol. The fourth-order valence-electron chi connectivity index (χ4n) is 3.18. The number of nitrogens with zero attached hydrogens (tertiary/aromatic N) is 2. The first-order valence-electron chi connectivity index (χ1n) is 9.15. The summed E-state index contributed by atoms with van der Waals surface area (Å²) in [5.41, 5.74) is 1.59. The lowest BCUT2D eigenvalue weighted by atomic mass is 10.1. The molecule has 1 heterocycles. The SMILES string of the molecule is CC(C(=O)Nc1ccccc1)N1CCN(C(=O)Cc2ccc(F)cc2)CC1. The van der Waals surface area contributed by atoms with Crippen LogP contribution in [0.3, 0.4) is 0 Å². The van der Waals surface area contributed by atoms with E-state index in [1.165, 1.54) is 12.1 Å². The Labute approximate surface area is 158 Å². The smallest absolute Gasteiger partial charge is 0.241 e. The summed E-state index contributed by atoms with van der Waals surface area (Å²) in [6.45, 7) is 4.36. The Morgan fingerprint density at radius 3 is 2.26 bits per heavy atom. The monoisotopic (exact) mass is 369 g/mol. The number of carbonyl (C=O) groups is 2. The van der Waals surface area contributed by atoms with Gasteiger partial charge < -0.3 is 10.2 Å². The van der Waals surface area contributed by atoms with E-state index in [-0.39, 0.29) is 30.1 Å². The van der Waals surface area contributed by atoms with Gasteiger partial charge in [-0.15, -0.1) is 0 Å². The van der Waals surface area contributed by atoms with Crippen molar-refractivity contribution < 1.29 is 14.0 Å². The second kappa shape index (κ2) is 8.77. The first-order valence-corrected chi connectivity index (χ1v) is 9.15. The fourth-order valence-corrected chi connectivity index (χ4v) is 3.18. The average molecular weight is 369 g/mol. The summed E-state index contributed by atoms with van der Waals surface area (Å²) in [6.07, 6.45) is 0.268. The fraction of sp³-hybridized carbons (Fsp3) is 0.333. The van der Waals surface area contributed by atoms with Gasteiger partial charge in [0.1, 0.15) is 5.82 Å². The molecule has 1 atom stereocenters. The van der Waals surface area contributed by atoms with E-state index < -0.39 is 0 Å². The van der Waals surface area contributed by atoms with E-state index in [0.29, 0.717) is 26.2 Å². The standard InChI is InChI=1S/C21H24FN3O2/c1-16(21(27)23-19-5-3-2-4-6-19)24-11-13-25(14-12-24)20(26)15-17-7-9-18(22)10-8-17/h2-10,16H,11-15H2,1H3,(H,23,27). The van der Waals surface area contributed by atoms with Crippen LogP contribution in [0.1, 0.15) is 12.5 Å². The van der Waals surface area contributed by atoms with Crippen molar-refractivity contribution in [3.63, 3.8) is 0 Å². The van der Waals surface area contributed by atoms with E-state index in [9.17, 15) is 14.0 Å². The zero-order chi connectivity index (χ0) is 19.2. The molecule has 2 amide bonds. The number of hydrogen-bond acceptors (Lipinski definition) is 3. The maximum absolute atomic E-state index is 13.0. The molecule has 2 aromatic rings. The first kappa shape index (κ1) is 19.0. The van der Waals surface area contributed by atoms with Crippen molar-refractivity contribution in [2.24, 2.45) is 0 Å². The highest BCUT2D eigenvalue weighted by Crippen LogP contribution is 2.12. The minimum Gasteiger partial charge on any atom is -0.340 e. The molecule has 5 nitrogen and oxygen atoms in total. The molecule has 1 saturated heterocycles. The first-order chi connectivity index (χ1) is 13.0. The van der Waals surface area contributed by atoms with Gasteiger partial charge in [0.2, 0.25) is 11.8 Å². The summed E-state index contributed by atoms with van der Waals surface area (Å²) in [4.78, 5) is 28.8. The molecular formula is C21H24FN3O2. The minimum atomic E-state index is -0.303. The van der Waals surface area contributed by atoms with Gasteiger partial charge in [-0.3, -0.25) is 14.5 Å². The Morgan fingerprint density at radius 1 is 1.00 bits per heavy atom. The zero-order valence-corrected chi connectivity index (χ0v) is 15.4. The molecule has 0 aliphatic carbocycles. The lowest BCUT2D eigenvalue weighted by Gasteiger charge is -2.37. The number of nitrogens with one attached hydrogen (secondary N) is 1. The number of halogens is 1. The molecule has 0 bridgehead atoms. The summed E-state index contributed by atoms with van der Waals surface area (Å²) < 4.78 is 13.0. The summed E-state index contributed by atoms with van der Waals surface area (Å²) in [5, 5.41) is 2.92. The zero-order valence-electron chi connectivity index (χ0n) is 15.4. The molecule has 142 valence electrons. The molecule has 1 N–H and O–H groups in total. The number of anilines is 1. The van der Waals surface area contributed by atoms with Crippen LogP contribution in [0, 0.1) is 5.82 Å². The predicted molar refractivity (Wildman–Crippen MR) is 103 cm³/mol. The largest absolute Gasteiger partial charge is 0.340 e. The van der Waals surface area contributed by atoms with Gasteiger partial charge in [0.15, 0.2) is 0 Å². The Hall–Kier alpha value is -2.73. The lowest BCUT2D eigenvalue weighted by Crippen LogP contribution is -2.54. The lowest BCUT2D eigenvalue weighted by molar-refractivity contribution is -0.133. The molecule has 0 aromatic heterocycles. The van der Waals surface area contributed by atoms with Gasteiger partial charge in [-0.05, 0) is 36.8 Å². The van der Waals surface area contributed by atoms with Crippen LogP contribution in [-0.2, 0) is 16.0 Å². The van der Waals surface area contributed by atoms with Crippen molar-refractivity contribution >= 4 is 17.5 Å². The number of rotatable bonds is 5. The number of piperazine rings is 1. The normalized spacial score (nSPS) is 16.0. The van der Waals surface area contributed by atoms with E-state index in [0.717, 1.165) is 11.3 Å².